The molecule has 0 aromatic heterocycles. The van der Waals surface area contributed by atoms with Crippen LogP contribution in [0.25, 0.3) is 0 Å². The maximum atomic E-state index is 13.9. The minimum atomic E-state index is -0.387. The molecule has 2 aliphatic rings. The molecule has 5 nitrogen and oxygen atoms in total. The highest BCUT2D eigenvalue weighted by atomic mass is 19.1. The highest BCUT2D eigenvalue weighted by Crippen LogP contribution is 2.46. The van der Waals surface area contributed by atoms with E-state index >= 15 is 0 Å². The molecule has 2 aromatic rings. The van der Waals surface area contributed by atoms with Crippen LogP contribution >= 0.6 is 0 Å². The van der Waals surface area contributed by atoms with Gasteiger partial charge < -0.3 is 15.0 Å². The van der Waals surface area contributed by atoms with E-state index < -0.39 is 0 Å². The third-order valence-electron chi connectivity index (χ3n) is 6.40. The molecule has 0 bridgehead atoms. The van der Waals surface area contributed by atoms with Crippen molar-refractivity contribution < 1.29 is 18.7 Å². The fourth-order valence-electron chi connectivity index (χ4n) is 4.58. The molecule has 0 unspecified atom stereocenters. The molecule has 2 amide bonds. The number of para-hydroxylation sites is 1. The van der Waals surface area contributed by atoms with Gasteiger partial charge in [0.15, 0.2) is 0 Å². The summed E-state index contributed by atoms with van der Waals surface area (Å²) in [6, 6.07) is 12.5. The van der Waals surface area contributed by atoms with Crippen molar-refractivity contribution in [1.82, 2.24) is 10.2 Å². The Morgan fingerprint density at radius 2 is 1.93 bits per heavy atom. The molecule has 1 N–H and O–H groups in total. The number of likely N-dealkylation sites (tertiary alicyclic amines) is 1. The second kappa shape index (κ2) is 8.09. The molecule has 30 heavy (non-hydrogen) atoms. The van der Waals surface area contributed by atoms with Crippen LogP contribution in [0.4, 0.5) is 4.39 Å². The number of benzene rings is 2. The Morgan fingerprint density at radius 1 is 1.20 bits per heavy atom. The van der Waals surface area contributed by atoms with Gasteiger partial charge in [-0.15, -0.1) is 0 Å². The summed E-state index contributed by atoms with van der Waals surface area (Å²) in [5.41, 5.74) is 1.59. The van der Waals surface area contributed by atoms with Crippen LogP contribution in [0.5, 0.6) is 5.75 Å². The van der Waals surface area contributed by atoms with Gasteiger partial charge in [-0.1, -0.05) is 24.3 Å². The van der Waals surface area contributed by atoms with Crippen molar-refractivity contribution in [2.24, 2.45) is 0 Å². The molecule has 4 rings (SSSR count). The lowest BCUT2D eigenvalue weighted by Crippen LogP contribution is -2.52. The second-order valence-corrected chi connectivity index (χ2v) is 8.36. The Bertz CT molecular complexity index is 967. The van der Waals surface area contributed by atoms with Gasteiger partial charge >= 0.3 is 0 Å². The summed E-state index contributed by atoms with van der Waals surface area (Å²) in [6.45, 7) is 2.77. The van der Waals surface area contributed by atoms with E-state index in [0.717, 1.165) is 17.7 Å². The van der Waals surface area contributed by atoms with Crippen LogP contribution in [0.1, 0.15) is 53.1 Å². The number of carbonyl (C=O) groups excluding carboxylic acids is 2. The Kier molecular flexibility index (Phi) is 5.50. The standard InChI is InChI=1S/C24H27FN2O3/c1-16-7-8-17(13-20(16)25)23(29)27-11-9-24(10-12-27)15-18(14-22(28)26-2)19-5-3-4-6-21(19)30-24/h3-8,13,18H,9-12,14-15H2,1-2H3,(H,26,28)/t18-/m0/s1. The number of nitrogens with one attached hydrogen (secondary N) is 1. The van der Waals surface area contributed by atoms with E-state index in [1.54, 1.807) is 31.0 Å². The van der Waals surface area contributed by atoms with Gasteiger partial charge in [0, 0.05) is 50.9 Å². The second-order valence-electron chi connectivity index (χ2n) is 8.36. The van der Waals surface area contributed by atoms with Gasteiger partial charge in [-0.25, -0.2) is 4.39 Å². The number of aryl methyl sites for hydroxylation is 1. The van der Waals surface area contributed by atoms with E-state index in [0.29, 0.717) is 43.5 Å². The average Bonchev–Trinajstić information content (AvgIpc) is 2.75. The summed E-state index contributed by atoms with van der Waals surface area (Å²) in [5, 5.41) is 2.72. The van der Waals surface area contributed by atoms with E-state index in [9.17, 15) is 14.0 Å². The molecular formula is C24H27FN2O3. The number of hydrogen-bond donors (Lipinski definition) is 1. The number of hydrogen-bond acceptors (Lipinski definition) is 3. The van der Waals surface area contributed by atoms with Crippen LogP contribution in [-0.4, -0.2) is 42.5 Å². The van der Waals surface area contributed by atoms with E-state index in [1.165, 1.54) is 6.07 Å². The predicted octanol–water partition coefficient (Wildman–Crippen LogP) is 3.81. The predicted molar refractivity (Wildman–Crippen MR) is 112 cm³/mol. The summed E-state index contributed by atoms with van der Waals surface area (Å²) in [4.78, 5) is 26.7. The Hall–Kier alpha value is -2.89. The molecule has 6 heteroatoms. The first-order valence-corrected chi connectivity index (χ1v) is 10.4. The van der Waals surface area contributed by atoms with Gasteiger partial charge in [-0.05, 0) is 42.7 Å². The van der Waals surface area contributed by atoms with Crippen molar-refractivity contribution in [3.8, 4) is 5.75 Å². The number of amides is 2. The SMILES string of the molecule is CNC(=O)C[C@H]1CC2(CCN(C(=O)c3ccc(C)c(F)c3)CC2)Oc2ccccc21. The van der Waals surface area contributed by atoms with Gasteiger partial charge in [0.05, 0.1) is 0 Å². The number of piperidine rings is 1. The van der Waals surface area contributed by atoms with Crippen LogP contribution in [0.2, 0.25) is 0 Å². The Balaban J connectivity index is 1.50. The van der Waals surface area contributed by atoms with Crippen molar-refractivity contribution in [1.29, 1.82) is 0 Å². The molecule has 2 heterocycles. The number of rotatable bonds is 3. The topological polar surface area (TPSA) is 58.6 Å². The average molecular weight is 410 g/mol. The van der Waals surface area contributed by atoms with Crippen LogP contribution < -0.4 is 10.1 Å². The summed E-state index contributed by atoms with van der Waals surface area (Å²) in [6.07, 6.45) is 2.54. The first-order valence-electron chi connectivity index (χ1n) is 10.4. The molecule has 0 saturated carbocycles. The highest BCUT2D eigenvalue weighted by Gasteiger charge is 2.44. The first kappa shape index (κ1) is 20.4. The van der Waals surface area contributed by atoms with Crippen molar-refractivity contribution >= 4 is 11.8 Å². The van der Waals surface area contributed by atoms with Crippen LogP contribution in [0, 0.1) is 12.7 Å². The summed E-state index contributed by atoms with van der Waals surface area (Å²) in [5.74, 6) is 0.419. The van der Waals surface area contributed by atoms with E-state index in [1.807, 2.05) is 24.3 Å². The molecule has 1 saturated heterocycles. The molecule has 2 aliphatic heterocycles. The number of ether oxygens (including phenoxy) is 1. The van der Waals surface area contributed by atoms with Gasteiger partial charge in [-0.2, -0.15) is 0 Å². The van der Waals surface area contributed by atoms with Crippen molar-refractivity contribution in [2.75, 3.05) is 20.1 Å². The molecule has 1 atom stereocenters. The van der Waals surface area contributed by atoms with E-state index in [-0.39, 0.29) is 29.2 Å². The minimum absolute atomic E-state index is 0.0147. The molecule has 1 spiro atoms. The Morgan fingerprint density at radius 3 is 2.63 bits per heavy atom. The summed E-state index contributed by atoms with van der Waals surface area (Å²) >= 11 is 0. The molecule has 0 radical (unpaired) electrons. The largest absolute Gasteiger partial charge is 0.487 e. The van der Waals surface area contributed by atoms with Gasteiger partial charge in [0.1, 0.15) is 17.2 Å². The monoisotopic (exact) mass is 410 g/mol. The third kappa shape index (κ3) is 3.91. The quantitative estimate of drug-likeness (QED) is 0.837. The third-order valence-corrected chi connectivity index (χ3v) is 6.40. The number of fused-ring (bicyclic) bond motifs is 1. The number of carbonyl (C=O) groups is 2. The fourth-order valence-corrected chi connectivity index (χ4v) is 4.58. The highest BCUT2D eigenvalue weighted by molar-refractivity contribution is 5.94. The van der Waals surface area contributed by atoms with Crippen molar-refractivity contribution in [3.63, 3.8) is 0 Å². The normalized spacial score (nSPS) is 19.7. The first-order chi connectivity index (χ1) is 14.4. The minimum Gasteiger partial charge on any atom is -0.487 e. The number of halogens is 1. The smallest absolute Gasteiger partial charge is 0.253 e. The van der Waals surface area contributed by atoms with Crippen LogP contribution in [0.15, 0.2) is 42.5 Å². The lowest BCUT2D eigenvalue weighted by atomic mass is 9.76. The zero-order valence-electron chi connectivity index (χ0n) is 17.4. The summed E-state index contributed by atoms with van der Waals surface area (Å²) in [7, 11) is 1.65. The zero-order valence-corrected chi connectivity index (χ0v) is 17.4. The van der Waals surface area contributed by atoms with E-state index in [2.05, 4.69) is 5.32 Å². The van der Waals surface area contributed by atoms with Crippen LogP contribution in [-0.2, 0) is 4.79 Å². The van der Waals surface area contributed by atoms with E-state index in [4.69, 9.17) is 4.74 Å². The number of nitrogens with zero attached hydrogens (tertiary/aromatic N) is 1. The molecular weight excluding hydrogens is 383 g/mol. The van der Waals surface area contributed by atoms with Gasteiger partial charge in [0.25, 0.3) is 5.91 Å². The molecule has 0 aliphatic carbocycles. The lowest BCUT2D eigenvalue weighted by Gasteiger charge is -2.47. The van der Waals surface area contributed by atoms with Crippen molar-refractivity contribution in [2.45, 2.75) is 44.1 Å². The molecule has 158 valence electrons. The van der Waals surface area contributed by atoms with Crippen LogP contribution in [0.3, 0.4) is 0 Å². The van der Waals surface area contributed by atoms with Gasteiger partial charge in [-0.3, -0.25) is 9.59 Å². The van der Waals surface area contributed by atoms with Gasteiger partial charge in [0.2, 0.25) is 5.91 Å². The Labute approximate surface area is 176 Å². The molecule has 1 fully saturated rings. The lowest BCUT2D eigenvalue weighted by molar-refractivity contribution is -0.121. The molecule has 2 aromatic carbocycles. The zero-order chi connectivity index (χ0) is 21.3. The fraction of sp³-hybridized carbons (Fsp3) is 0.417. The maximum Gasteiger partial charge on any atom is 0.253 e. The summed E-state index contributed by atoms with van der Waals surface area (Å²) < 4.78 is 20.3. The van der Waals surface area contributed by atoms with Crippen molar-refractivity contribution in [3.05, 3.63) is 65.0 Å². The maximum absolute atomic E-state index is 13.9.